The minimum atomic E-state index is -0.279. The van der Waals surface area contributed by atoms with Crippen LogP contribution in [0.15, 0.2) is 67.0 Å². The first-order valence-electron chi connectivity index (χ1n) is 8.36. The summed E-state index contributed by atoms with van der Waals surface area (Å²) in [5.41, 5.74) is 3.29. The van der Waals surface area contributed by atoms with Crippen molar-refractivity contribution in [3.8, 4) is 11.4 Å². The minimum absolute atomic E-state index is 0.279. The van der Waals surface area contributed by atoms with Crippen molar-refractivity contribution in [3.63, 3.8) is 0 Å². The lowest BCUT2D eigenvalue weighted by Crippen LogP contribution is -2.14. The number of pyridine rings is 3. The van der Waals surface area contributed by atoms with E-state index in [1.807, 2.05) is 37.3 Å². The molecule has 0 radical (unpaired) electrons. The van der Waals surface area contributed by atoms with Gasteiger partial charge in [0.25, 0.3) is 5.91 Å². The van der Waals surface area contributed by atoms with Gasteiger partial charge >= 0.3 is 0 Å². The SMILES string of the molecule is Cc1ccc(NC(=O)c2cc(-c3ccccn3)nc3c(Cl)cccc23)nc1. The second-order valence-electron chi connectivity index (χ2n) is 6.08. The highest BCUT2D eigenvalue weighted by molar-refractivity contribution is 6.35. The lowest BCUT2D eigenvalue weighted by atomic mass is 10.1. The Morgan fingerprint density at radius 2 is 1.89 bits per heavy atom. The molecule has 6 heteroatoms. The van der Waals surface area contributed by atoms with Crippen molar-refractivity contribution in [2.75, 3.05) is 5.32 Å². The largest absolute Gasteiger partial charge is 0.307 e. The van der Waals surface area contributed by atoms with E-state index in [-0.39, 0.29) is 5.91 Å². The van der Waals surface area contributed by atoms with Crippen molar-refractivity contribution in [1.82, 2.24) is 15.0 Å². The maximum Gasteiger partial charge on any atom is 0.257 e. The van der Waals surface area contributed by atoms with E-state index < -0.39 is 0 Å². The molecule has 0 saturated heterocycles. The number of hydrogen-bond donors (Lipinski definition) is 1. The van der Waals surface area contributed by atoms with Gasteiger partial charge in [-0.1, -0.05) is 35.9 Å². The molecule has 0 aliphatic heterocycles. The second-order valence-corrected chi connectivity index (χ2v) is 6.49. The van der Waals surface area contributed by atoms with Crippen LogP contribution in [0.25, 0.3) is 22.3 Å². The number of hydrogen-bond acceptors (Lipinski definition) is 4. The monoisotopic (exact) mass is 374 g/mol. The highest BCUT2D eigenvalue weighted by Gasteiger charge is 2.16. The molecule has 0 spiro atoms. The first-order chi connectivity index (χ1) is 13.1. The molecular formula is C21H15ClN4O. The smallest absolute Gasteiger partial charge is 0.257 e. The van der Waals surface area contributed by atoms with Crippen LogP contribution in [0, 0.1) is 6.92 Å². The van der Waals surface area contributed by atoms with Crippen molar-refractivity contribution in [2.24, 2.45) is 0 Å². The number of aromatic nitrogens is 3. The van der Waals surface area contributed by atoms with Gasteiger partial charge in [-0.05, 0) is 42.8 Å². The predicted octanol–water partition coefficient (Wildman–Crippen LogP) is 4.91. The fourth-order valence-electron chi connectivity index (χ4n) is 2.77. The van der Waals surface area contributed by atoms with E-state index in [1.54, 1.807) is 36.7 Å². The molecule has 1 amide bonds. The maximum absolute atomic E-state index is 13.0. The highest BCUT2D eigenvalue weighted by atomic mass is 35.5. The van der Waals surface area contributed by atoms with Gasteiger partial charge in [0, 0.05) is 17.8 Å². The van der Waals surface area contributed by atoms with Gasteiger partial charge in [-0.2, -0.15) is 0 Å². The maximum atomic E-state index is 13.0. The zero-order valence-electron chi connectivity index (χ0n) is 14.5. The molecule has 5 nitrogen and oxygen atoms in total. The fraction of sp³-hybridized carbons (Fsp3) is 0.0476. The predicted molar refractivity (Wildman–Crippen MR) is 107 cm³/mol. The summed E-state index contributed by atoms with van der Waals surface area (Å²) in [6.07, 6.45) is 3.39. The van der Waals surface area contributed by atoms with E-state index >= 15 is 0 Å². The third kappa shape index (κ3) is 3.50. The van der Waals surface area contributed by atoms with Gasteiger partial charge in [0.05, 0.1) is 27.5 Å². The average Bonchev–Trinajstić information content (AvgIpc) is 2.70. The number of carbonyl (C=O) groups excluding carboxylic acids is 1. The fourth-order valence-corrected chi connectivity index (χ4v) is 2.99. The number of para-hydroxylation sites is 1. The Labute approximate surface area is 161 Å². The van der Waals surface area contributed by atoms with Crippen molar-refractivity contribution >= 4 is 34.2 Å². The van der Waals surface area contributed by atoms with E-state index in [0.29, 0.717) is 38.7 Å². The third-order valence-electron chi connectivity index (χ3n) is 4.12. The van der Waals surface area contributed by atoms with Crippen LogP contribution in [0.1, 0.15) is 15.9 Å². The molecule has 0 aliphatic carbocycles. The number of rotatable bonds is 3. The molecule has 0 saturated carbocycles. The summed E-state index contributed by atoms with van der Waals surface area (Å²) in [6, 6.07) is 16.3. The topological polar surface area (TPSA) is 67.8 Å². The Morgan fingerprint density at radius 1 is 1.00 bits per heavy atom. The van der Waals surface area contributed by atoms with Crippen LogP contribution in [0.3, 0.4) is 0 Å². The van der Waals surface area contributed by atoms with Crippen molar-refractivity contribution in [2.45, 2.75) is 6.92 Å². The van der Waals surface area contributed by atoms with Crippen LogP contribution >= 0.6 is 11.6 Å². The van der Waals surface area contributed by atoms with E-state index in [9.17, 15) is 4.79 Å². The molecule has 132 valence electrons. The van der Waals surface area contributed by atoms with Gasteiger partial charge in [-0.25, -0.2) is 9.97 Å². The molecule has 0 unspecified atom stereocenters. The summed E-state index contributed by atoms with van der Waals surface area (Å²) in [5.74, 6) is 0.204. The van der Waals surface area contributed by atoms with Crippen LogP contribution in [-0.4, -0.2) is 20.9 Å². The lowest BCUT2D eigenvalue weighted by Gasteiger charge is -2.11. The van der Waals surface area contributed by atoms with Gasteiger partial charge in [-0.15, -0.1) is 0 Å². The first kappa shape index (κ1) is 17.1. The summed E-state index contributed by atoms with van der Waals surface area (Å²) in [4.78, 5) is 26.1. The van der Waals surface area contributed by atoms with E-state index in [4.69, 9.17) is 11.6 Å². The molecule has 0 fully saturated rings. The summed E-state index contributed by atoms with van der Waals surface area (Å²) < 4.78 is 0. The normalized spacial score (nSPS) is 10.7. The molecule has 3 heterocycles. The number of halogens is 1. The third-order valence-corrected chi connectivity index (χ3v) is 4.42. The first-order valence-corrected chi connectivity index (χ1v) is 8.74. The molecule has 4 rings (SSSR count). The minimum Gasteiger partial charge on any atom is -0.307 e. The van der Waals surface area contributed by atoms with Crippen LogP contribution in [-0.2, 0) is 0 Å². The molecule has 0 atom stereocenters. The summed E-state index contributed by atoms with van der Waals surface area (Å²) in [6.45, 7) is 1.94. The van der Waals surface area contributed by atoms with Gasteiger partial charge < -0.3 is 5.32 Å². The van der Waals surface area contributed by atoms with E-state index in [2.05, 4.69) is 20.3 Å². The van der Waals surface area contributed by atoms with Gasteiger partial charge in [-0.3, -0.25) is 9.78 Å². The Balaban J connectivity index is 1.84. The quantitative estimate of drug-likeness (QED) is 0.553. The molecule has 0 aliphatic rings. The molecule has 3 aromatic heterocycles. The Morgan fingerprint density at radius 3 is 2.63 bits per heavy atom. The number of amides is 1. The van der Waals surface area contributed by atoms with E-state index in [0.717, 1.165) is 5.56 Å². The van der Waals surface area contributed by atoms with Gasteiger partial charge in [0.1, 0.15) is 5.82 Å². The number of anilines is 1. The molecular weight excluding hydrogens is 360 g/mol. The van der Waals surface area contributed by atoms with Crippen LogP contribution in [0.4, 0.5) is 5.82 Å². The average molecular weight is 375 g/mol. The van der Waals surface area contributed by atoms with Gasteiger partial charge in [0.2, 0.25) is 0 Å². The highest BCUT2D eigenvalue weighted by Crippen LogP contribution is 2.28. The molecule has 4 aromatic rings. The van der Waals surface area contributed by atoms with Crippen molar-refractivity contribution in [3.05, 3.63) is 83.1 Å². The van der Waals surface area contributed by atoms with Crippen molar-refractivity contribution in [1.29, 1.82) is 0 Å². The number of carbonyl (C=O) groups is 1. The molecule has 27 heavy (non-hydrogen) atoms. The van der Waals surface area contributed by atoms with Crippen LogP contribution in [0.5, 0.6) is 0 Å². The Kier molecular flexibility index (Phi) is 4.52. The standard InChI is InChI=1S/C21H15ClN4O/c1-13-8-9-19(24-12-13)26-21(27)15-11-18(17-7-2-3-10-23-17)25-20-14(15)5-4-6-16(20)22/h2-12H,1H3,(H,24,26,27). The molecule has 0 bridgehead atoms. The number of aryl methyl sites for hydroxylation is 1. The molecule has 1 N–H and O–H groups in total. The zero-order chi connectivity index (χ0) is 18.8. The van der Waals surface area contributed by atoms with Gasteiger partial charge in [0.15, 0.2) is 0 Å². The van der Waals surface area contributed by atoms with Crippen LogP contribution < -0.4 is 5.32 Å². The second kappa shape index (κ2) is 7.13. The number of nitrogens with one attached hydrogen (secondary N) is 1. The number of benzene rings is 1. The summed E-state index contributed by atoms with van der Waals surface area (Å²) >= 11 is 6.34. The van der Waals surface area contributed by atoms with Crippen molar-refractivity contribution < 1.29 is 4.79 Å². The number of fused-ring (bicyclic) bond motifs is 1. The summed E-state index contributed by atoms with van der Waals surface area (Å²) in [5, 5.41) is 3.99. The van der Waals surface area contributed by atoms with E-state index in [1.165, 1.54) is 0 Å². The summed E-state index contributed by atoms with van der Waals surface area (Å²) in [7, 11) is 0. The molecule has 1 aromatic carbocycles. The zero-order valence-corrected chi connectivity index (χ0v) is 15.2. The van der Waals surface area contributed by atoms with Crippen LogP contribution in [0.2, 0.25) is 5.02 Å². The Bertz CT molecular complexity index is 1130. The number of nitrogens with zero attached hydrogens (tertiary/aromatic N) is 3. The lowest BCUT2D eigenvalue weighted by molar-refractivity contribution is 0.102. The Hall–Kier alpha value is -3.31.